The van der Waals surface area contributed by atoms with E-state index in [9.17, 15) is 0 Å². The normalized spacial score (nSPS) is 9.50. The molecule has 0 aliphatic heterocycles. The predicted octanol–water partition coefficient (Wildman–Crippen LogP) is -0.552. The molecular weight excluding hydrogens is 126 g/mol. The van der Waals surface area contributed by atoms with Crippen molar-refractivity contribution >= 4 is 11.3 Å². The van der Waals surface area contributed by atoms with Gasteiger partial charge in [0.05, 0.1) is 5.38 Å². The van der Waals surface area contributed by atoms with Gasteiger partial charge in [-0.05, 0) is 0 Å². The highest BCUT2D eigenvalue weighted by molar-refractivity contribution is 7.07. The summed E-state index contributed by atoms with van der Waals surface area (Å²) >= 11 is 1.09. The Morgan fingerprint density at radius 2 is 2.50 bits per heavy atom. The van der Waals surface area contributed by atoms with Gasteiger partial charge in [0.1, 0.15) is 0 Å². The number of aromatic hydroxyl groups is 1. The van der Waals surface area contributed by atoms with E-state index in [1.807, 2.05) is 0 Å². The summed E-state index contributed by atoms with van der Waals surface area (Å²) in [4.78, 5) is 0.141. The van der Waals surface area contributed by atoms with Crippen molar-refractivity contribution in [3.05, 3.63) is 10.2 Å². The van der Waals surface area contributed by atoms with Crippen molar-refractivity contribution in [1.29, 1.82) is 5.41 Å². The number of aromatic nitrogens is 1. The highest BCUT2D eigenvalue weighted by Crippen LogP contribution is 2.02. The van der Waals surface area contributed by atoms with Crippen LogP contribution in [0.4, 0.5) is 0 Å². The van der Waals surface area contributed by atoms with Gasteiger partial charge in [0.15, 0.2) is 0 Å². The van der Waals surface area contributed by atoms with Crippen LogP contribution in [0, 0.1) is 5.41 Å². The van der Waals surface area contributed by atoms with Crippen molar-refractivity contribution in [3.63, 3.8) is 0 Å². The van der Waals surface area contributed by atoms with E-state index in [0.29, 0.717) is 0 Å². The fourth-order valence-corrected chi connectivity index (χ4v) is 0.864. The van der Waals surface area contributed by atoms with Crippen LogP contribution in [0.3, 0.4) is 0 Å². The Hall–Kier alpha value is -0.970. The van der Waals surface area contributed by atoms with Crippen molar-refractivity contribution in [2.24, 2.45) is 0 Å². The molecule has 5 heteroatoms. The number of nitrogens with zero attached hydrogens (tertiary/aromatic N) is 1. The van der Waals surface area contributed by atoms with Crippen LogP contribution in [0.25, 0.3) is 0 Å². The first-order valence-electron chi connectivity index (χ1n) is 1.91. The van der Waals surface area contributed by atoms with Crippen LogP contribution in [0.2, 0.25) is 0 Å². The van der Waals surface area contributed by atoms with E-state index in [0.717, 1.165) is 16.0 Å². The lowest BCUT2D eigenvalue weighted by atomic mass is 10.9. The van der Waals surface area contributed by atoms with Gasteiger partial charge in [-0.1, -0.05) is 11.3 Å². The van der Waals surface area contributed by atoms with Crippen LogP contribution < -0.4 is 10.6 Å². The molecule has 0 atom stereocenters. The zero-order chi connectivity index (χ0) is 6.15. The molecular formula is C3H5N3OS. The molecule has 44 valence electrons. The number of hydrogen-bond acceptors (Lipinski definition) is 4. The predicted molar refractivity (Wildman–Crippen MR) is 30.0 cm³/mol. The average molecular weight is 131 g/mol. The maximum Gasteiger partial charge on any atom is 0.222 e. The van der Waals surface area contributed by atoms with E-state index in [1.165, 1.54) is 5.38 Å². The molecule has 0 unspecified atom stereocenters. The number of thiazole rings is 1. The monoisotopic (exact) mass is 131 g/mol. The minimum Gasteiger partial charge on any atom is -0.493 e. The Balaban J connectivity index is 3.41. The number of nitrogens with one attached hydrogen (secondary N) is 1. The molecule has 4 N–H and O–H groups in total. The summed E-state index contributed by atoms with van der Waals surface area (Å²) in [5.74, 6) is 5.02. The molecule has 0 aliphatic rings. The topological polar surface area (TPSA) is 75.0 Å². The fraction of sp³-hybridized carbons (Fsp3) is 0. The summed E-state index contributed by atoms with van der Waals surface area (Å²) in [6.07, 6.45) is 0. The second-order valence-corrected chi connectivity index (χ2v) is 2.13. The van der Waals surface area contributed by atoms with Crippen molar-refractivity contribution < 1.29 is 5.11 Å². The summed E-state index contributed by atoms with van der Waals surface area (Å²) in [6.45, 7) is 0. The molecule has 0 saturated carbocycles. The lowest BCUT2D eigenvalue weighted by Crippen LogP contribution is -2.20. The fourth-order valence-electron chi connectivity index (χ4n) is 0.326. The lowest BCUT2D eigenvalue weighted by Gasteiger charge is -1.88. The number of nitrogen functional groups attached to an aromatic ring is 1. The molecule has 0 bridgehead atoms. The Bertz CT molecular complexity index is 237. The molecule has 0 aliphatic carbocycles. The van der Waals surface area contributed by atoms with Crippen LogP contribution >= 0.6 is 11.3 Å². The minimum atomic E-state index is -0.0694. The van der Waals surface area contributed by atoms with E-state index >= 15 is 0 Å². The van der Waals surface area contributed by atoms with Gasteiger partial charge in [-0.15, -0.1) is 0 Å². The maximum atomic E-state index is 8.67. The van der Waals surface area contributed by atoms with Crippen LogP contribution in [-0.2, 0) is 0 Å². The van der Waals surface area contributed by atoms with Gasteiger partial charge in [0, 0.05) is 0 Å². The Kier molecular flexibility index (Phi) is 0.980. The summed E-state index contributed by atoms with van der Waals surface area (Å²) < 4.78 is 0.907. The molecule has 1 rings (SSSR count). The quantitative estimate of drug-likeness (QED) is 0.413. The second kappa shape index (κ2) is 1.52. The molecule has 1 heterocycles. The maximum absolute atomic E-state index is 8.67. The minimum absolute atomic E-state index is 0.0694. The van der Waals surface area contributed by atoms with Crippen molar-refractivity contribution in [2.75, 3.05) is 5.84 Å². The van der Waals surface area contributed by atoms with E-state index in [1.54, 1.807) is 0 Å². The summed E-state index contributed by atoms with van der Waals surface area (Å²) in [6, 6.07) is 0. The molecule has 0 amide bonds. The molecule has 0 saturated heterocycles. The first-order valence-corrected chi connectivity index (χ1v) is 2.79. The van der Waals surface area contributed by atoms with E-state index in [4.69, 9.17) is 16.4 Å². The smallest absolute Gasteiger partial charge is 0.222 e. The third kappa shape index (κ3) is 0.564. The Morgan fingerprint density at radius 3 is 2.62 bits per heavy atom. The summed E-state index contributed by atoms with van der Waals surface area (Å²) in [5.41, 5.74) is 0. The molecule has 0 radical (unpaired) electrons. The Labute approximate surface area is 49.3 Å². The van der Waals surface area contributed by atoms with Crippen LogP contribution in [0.5, 0.6) is 5.88 Å². The third-order valence-corrected chi connectivity index (χ3v) is 1.49. The number of hydrogen-bond donors (Lipinski definition) is 3. The number of nitrogens with two attached hydrogens (primary N) is 1. The average Bonchev–Trinajstić information content (AvgIpc) is 1.98. The van der Waals surface area contributed by atoms with Gasteiger partial charge in [0.2, 0.25) is 10.7 Å². The van der Waals surface area contributed by atoms with Crippen molar-refractivity contribution in [1.82, 2.24) is 4.68 Å². The third-order valence-electron chi connectivity index (χ3n) is 0.742. The number of rotatable bonds is 0. The first-order chi connectivity index (χ1) is 3.72. The SMILES string of the molecule is N=c1scc(O)n1N. The highest BCUT2D eigenvalue weighted by Gasteiger charge is 1.93. The van der Waals surface area contributed by atoms with E-state index in [-0.39, 0.29) is 10.7 Å². The largest absolute Gasteiger partial charge is 0.493 e. The van der Waals surface area contributed by atoms with Gasteiger partial charge in [-0.2, -0.15) is 0 Å². The molecule has 1 aromatic rings. The molecule has 8 heavy (non-hydrogen) atoms. The zero-order valence-electron chi connectivity index (χ0n) is 3.96. The first kappa shape index (κ1) is 5.17. The van der Waals surface area contributed by atoms with Gasteiger partial charge in [-0.25, -0.2) is 4.68 Å². The van der Waals surface area contributed by atoms with Crippen molar-refractivity contribution in [2.45, 2.75) is 0 Å². The van der Waals surface area contributed by atoms with Gasteiger partial charge >= 0.3 is 0 Å². The van der Waals surface area contributed by atoms with Gasteiger partial charge < -0.3 is 10.9 Å². The summed E-state index contributed by atoms with van der Waals surface area (Å²) in [7, 11) is 0. The molecule has 4 nitrogen and oxygen atoms in total. The molecule has 0 fully saturated rings. The zero-order valence-corrected chi connectivity index (χ0v) is 4.77. The standard InChI is InChI=1S/C3H5N3OS/c4-3-6(5)2(7)1-8-3/h1,4,7H,5H2. The second-order valence-electron chi connectivity index (χ2n) is 1.27. The van der Waals surface area contributed by atoms with Crippen molar-refractivity contribution in [3.8, 4) is 5.88 Å². The van der Waals surface area contributed by atoms with Crippen LogP contribution in [-0.4, -0.2) is 9.78 Å². The van der Waals surface area contributed by atoms with Crippen LogP contribution in [0.15, 0.2) is 5.38 Å². The molecule has 0 aromatic carbocycles. The lowest BCUT2D eigenvalue weighted by molar-refractivity contribution is 0.434. The summed E-state index contributed by atoms with van der Waals surface area (Å²) in [5, 5.41) is 17.0. The van der Waals surface area contributed by atoms with Gasteiger partial charge in [-0.3, -0.25) is 5.41 Å². The van der Waals surface area contributed by atoms with E-state index in [2.05, 4.69) is 0 Å². The molecule has 1 aromatic heterocycles. The van der Waals surface area contributed by atoms with Gasteiger partial charge in [0.25, 0.3) is 0 Å². The van der Waals surface area contributed by atoms with Crippen LogP contribution in [0.1, 0.15) is 0 Å². The molecule has 0 spiro atoms. The highest BCUT2D eigenvalue weighted by atomic mass is 32.1. The Morgan fingerprint density at radius 1 is 1.88 bits per heavy atom. The van der Waals surface area contributed by atoms with E-state index < -0.39 is 0 Å².